The highest BCUT2D eigenvalue weighted by molar-refractivity contribution is 6.35. The van der Waals surface area contributed by atoms with Gasteiger partial charge in [-0.2, -0.15) is 0 Å². The molecule has 0 atom stereocenters. The lowest BCUT2D eigenvalue weighted by Gasteiger charge is -2.51. The van der Waals surface area contributed by atoms with Crippen LogP contribution in [0.2, 0.25) is 5.02 Å². The maximum absolute atomic E-state index is 16.2. The van der Waals surface area contributed by atoms with E-state index < -0.39 is 29.2 Å². The molecule has 3 aromatic heterocycles. The fraction of sp³-hybridized carbons (Fsp3) is 0.426. The Balaban J connectivity index is 0.000000870. The zero-order chi connectivity index (χ0) is 47.4. The number of hydrogen-bond donors (Lipinski definition) is 3. The number of nitrogens with two attached hydrogens (primary N) is 1. The van der Waals surface area contributed by atoms with Crippen LogP contribution in [-0.2, 0) is 17.8 Å². The van der Waals surface area contributed by atoms with Gasteiger partial charge in [0.1, 0.15) is 5.69 Å². The number of alkyl halides is 4. The Hall–Kier alpha value is -6.34. The van der Waals surface area contributed by atoms with Crippen LogP contribution in [0.1, 0.15) is 82.5 Å². The van der Waals surface area contributed by atoms with Crippen LogP contribution in [0.4, 0.5) is 45.2 Å². The summed E-state index contributed by atoms with van der Waals surface area (Å²) in [5.41, 5.74) is 11.6. The number of urea groups is 1. The van der Waals surface area contributed by atoms with E-state index in [1.807, 2.05) is 36.4 Å². The summed E-state index contributed by atoms with van der Waals surface area (Å²) in [5.74, 6) is -5.94. The van der Waals surface area contributed by atoms with Crippen molar-refractivity contribution in [2.75, 3.05) is 61.4 Å². The fourth-order valence-electron chi connectivity index (χ4n) is 9.75. The molecule has 5 aliphatic rings. The van der Waals surface area contributed by atoms with Crippen molar-refractivity contribution >= 4 is 63.9 Å². The molecule has 10 rings (SSSR count). The molecule has 352 valence electrons. The molecular weight excluding hydrogens is 894 g/mol. The number of carbonyl (C=O) groups excluding carboxylic acids is 4. The molecule has 1 saturated carbocycles. The predicted molar refractivity (Wildman–Crippen MR) is 244 cm³/mol. The number of fused-ring (bicyclic) bond motifs is 2. The number of aryl methyl sites for hydroxylation is 1. The normalized spacial score (nSPS) is 19.7. The Kier molecular flexibility index (Phi) is 12.1. The minimum absolute atomic E-state index is 0.103. The van der Waals surface area contributed by atoms with Crippen LogP contribution in [-0.4, -0.2) is 111 Å². The number of hydrogen-bond acceptors (Lipinski definition) is 10. The second kappa shape index (κ2) is 17.7. The Morgan fingerprint density at radius 3 is 2.25 bits per heavy atom. The molecule has 1 spiro atoms. The maximum Gasteiger partial charge on any atom is 0.328 e. The lowest BCUT2D eigenvalue weighted by molar-refractivity contribution is -0.186. The van der Waals surface area contributed by atoms with Gasteiger partial charge in [-0.05, 0) is 86.5 Å². The number of primary amides is 1. The van der Waals surface area contributed by atoms with Gasteiger partial charge in [0.25, 0.3) is 17.7 Å². The fourth-order valence-corrected chi connectivity index (χ4v) is 9.96. The van der Waals surface area contributed by atoms with Crippen LogP contribution in [0.15, 0.2) is 60.9 Å². The third kappa shape index (κ3) is 8.74. The molecule has 0 bridgehead atoms. The predicted octanol–water partition coefficient (Wildman–Crippen LogP) is 7.60. The number of nitrogens with one attached hydrogen (secondary N) is 2. The number of benzene rings is 2. The molecule has 4 fully saturated rings. The molecule has 4 N–H and O–H groups in total. The monoisotopic (exact) mass is 943 g/mol. The topological polar surface area (TPSA) is 174 Å². The van der Waals surface area contributed by atoms with E-state index in [-0.39, 0.29) is 75.8 Å². The van der Waals surface area contributed by atoms with Crippen molar-refractivity contribution in [2.24, 2.45) is 11.1 Å². The van der Waals surface area contributed by atoms with Crippen LogP contribution in [0.5, 0.6) is 0 Å². The third-order valence-corrected chi connectivity index (χ3v) is 14.3. The van der Waals surface area contributed by atoms with E-state index in [9.17, 15) is 28.0 Å². The number of imidazole rings is 1. The van der Waals surface area contributed by atoms with Gasteiger partial charge in [-0.1, -0.05) is 29.8 Å². The van der Waals surface area contributed by atoms with Crippen molar-refractivity contribution in [3.8, 4) is 11.3 Å². The van der Waals surface area contributed by atoms with Gasteiger partial charge >= 0.3 is 6.03 Å². The van der Waals surface area contributed by atoms with Crippen molar-refractivity contribution in [2.45, 2.75) is 76.7 Å². The smallest absolute Gasteiger partial charge is 0.328 e. The van der Waals surface area contributed by atoms with E-state index >= 15 is 8.78 Å². The Morgan fingerprint density at radius 1 is 0.881 bits per heavy atom. The molecular formula is C47H50ClF4N11O4. The first-order valence-corrected chi connectivity index (χ1v) is 22.7. The van der Waals surface area contributed by atoms with Gasteiger partial charge in [-0.25, -0.2) is 31.9 Å². The molecule has 4 aliphatic heterocycles. The van der Waals surface area contributed by atoms with Gasteiger partial charge in [-0.3, -0.25) is 34.5 Å². The highest BCUT2D eigenvalue weighted by atomic mass is 35.5. The molecule has 3 saturated heterocycles. The number of halogens is 5. The molecule has 0 radical (unpaired) electrons. The average molecular weight is 944 g/mol. The van der Waals surface area contributed by atoms with E-state index in [4.69, 9.17) is 27.4 Å². The van der Waals surface area contributed by atoms with Gasteiger partial charge in [-0.15, -0.1) is 5.10 Å². The summed E-state index contributed by atoms with van der Waals surface area (Å²) in [6.07, 6.45) is 5.60. The lowest BCUT2D eigenvalue weighted by atomic mass is 9.68. The molecule has 0 unspecified atom stereocenters. The third-order valence-electron chi connectivity index (χ3n) is 13.8. The number of pyridine rings is 1. The van der Waals surface area contributed by atoms with E-state index in [1.165, 1.54) is 21.7 Å². The van der Waals surface area contributed by atoms with Crippen molar-refractivity contribution in [1.29, 1.82) is 0 Å². The Bertz CT molecular complexity index is 2770. The van der Waals surface area contributed by atoms with Gasteiger partial charge < -0.3 is 20.9 Å². The summed E-state index contributed by atoms with van der Waals surface area (Å²) >= 11 is 6.54. The van der Waals surface area contributed by atoms with Gasteiger partial charge in [0, 0.05) is 93.5 Å². The SMILES string of the molecule is CNc1cc(N2CCc3c(-c4ccc(CN5CCC6(CCN(C(=O)c7cc(C)c(Cl)c(N8CCC(=O)NC8=O)c7)CC6)C(F)(F)C5)cn4)cccc32)nn2c(C(N)=O)cnc12.FC1(F)CCC1. The Morgan fingerprint density at radius 2 is 1.61 bits per heavy atom. The zero-order valence-corrected chi connectivity index (χ0v) is 37.8. The van der Waals surface area contributed by atoms with Gasteiger partial charge in [0.05, 0.1) is 34.8 Å². The van der Waals surface area contributed by atoms with E-state index in [0.29, 0.717) is 71.5 Å². The standard InChI is InChI=1S/C43H44ClF2N11O4.C4H6F2/c1-25-18-27(19-33(37(25)44)56-14-9-36(58)51-41(56)61)40(60)54-16-11-42(12-17-54)10-15-53(24-43(42,45)46)23-26-6-7-30(49-21-26)28-4-3-5-32-29(28)8-13-55(32)35-20-31(48-2)39-50-22-34(38(47)59)57(39)52-35;5-4(6)2-1-3-4/h3-7,18-22,48H,8-17,23-24H2,1-2H3,(H2,47,59)(H,51,58,61);1-3H2. The zero-order valence-electron chi connectivity index (χ0n) is 37.1. The number of piperidine rings is 2. The number of likely N-dealkylation sites (tertiary alicyclic amines) is 2. The van der Waals surface area contributed by atoms with Gasteiger partial charge in [0.2, 0.25) is 11.8 Å². The second-order valence-electron chi connectivity index (χ2n) is 18.0. The molecule has 2 aromatic carbocycles. The van der Waals surface area contributed by atoms with Gasteiger partial charge in [0.15, 0.2) is 11.5 Å². The Labute approximate surface area is 388 Å². The number of imide groups is 1. The minimum Gasteiger partial charge on any atom is -0.385 e. The van der Waals surface area contributed by atoms with Crippen molar-refractivity contribution in [1.82, 2.24) is 34.7 Å². The largest absolute Gasteiger partial charge is 0.385 e. The molecule has 1 aliphatic carbocycles. The first-order valence-electron chi connectivity index (χ1n) is 22.4. The highest BCUT2D eigenvalue weighted by Gasteiger charge is 2.57. The molecule has 67 heavy (non-hydrogen) atoms. The molecule has 20 heteroatoms. The quantitative estimate of drug-likeness (QED) is 0.132. The summed E-state index contributed by atoms with van der Waals surface area (Å²) in [6.45, 7) is 3.30. The maximum atomic E-state index is 16.2. The number of rotatable bonds is 8. The summed E-state index contributed by atoms with van der Waals surface area (Å²) in [6, 6.07) is 14.4. The molecule has 5 amide bonds. The summed E-state index contributed by atoms with van der Waals surface area (Å²) < 4.78 is 57.0. The number of amides is 5. The highest BCUT2D eigenvalue weighted by Crippen LogP contribution is 2.51. The van der Waals surface area contributed by atoms with E-state index in [0.717, 1.165) is 34.5 Å². The lowest BCUT2D eigenvalue weighted by Crippen LogP contribution is -2.59. The molecule has 15 nitrogen and oxygen atoms in total. The minimum atomic E-state index is -2.97. The number of aromatic nitrogens is 4. The second-order valence-corrected chi connectivity index (χ2v) is 18.4. The van der Waals surface area contributed by atoms with Crippen LogP contribution < -0.4 is 26.2 Å². The first-order chi connectivity index (χ1) is 32.0. The van der Waals surface area contributed by atoms with Crippen molar-refractivity contribution in [3.05, 3.63) is 93.9 Å². The van der Waals surface area contributed by atoms with Crippen molar-refractivity contribution in [3.63, 3.8) is 0 Å². The van der Waals surface area contributed by atoms with Crippen LogP contribution >= 0.6 is 11.6 Å². The summed E-state index contributed by atoms with van der Waals surface area (Å²) in [7, 11) is 1.78. The number of carbonyl (C=O) groups is 4. The van der Waals surface area contributed by atoms with E-state index in [1.54, 1.807) is 36.0 Å². The van der Waals surface area contributed by atoms with Crippen LogP contribution in [0.3, 0.4) is 0 Å². The molecule has 7 heterocycles. The van der Waals surface area contributed by atoms with Crippen molar-refractivity contribution < 1.29 is 36.7 Å². The number of anilines is 4. The first kappa shape index (κ1) is 45.8. The van der Waals surface area contributed by atoms with E-state index in [2.05, 4.69) is 20.5 Å². The van der Waals surface area contributed by atoms with Crippen LogP contribution in [0, 0.1) is 12.3 Å². The average Bonchev–Trinajstić information content (AvgIpc) is 3.94. The summed E-state index contributed by atoms with van der Waals surface area (Å²) in [4.78, 5) is 66.0. The number of nitrogens with zero attached hydrogens (tertiary/aromatic N) is 8. The summed E-state index contributed by atoms with van der Waals surface area (Å²) in [5, 5.41) is 10.4. The molecule has 5 aromatic rings. The van der Waals surface area contributed by atoms with Crippen LogP contribution in [0.25, 0.3) is 16.9 Å².